The van der Waals surface area contributed by atoms with Crippen LogP contribution in [0.4, 0.5) is 19.7 Å². The van der Waals surface area contributed by atoms with Crippen molar-refractivity contribution in [3.63, 3.8) is 0 Å². The van der Waals surface area contributed by atoms with Crippen molar-refractivity contribution >= 4 is 17.9 Å². The van der Waals surface area contributed by atoms with Gasteiger partial charge >= 0.3 is 12.2 Å². The SMILES string of the molecule is CC(C)(C)NC(=O)OC[C@H]1CN(c2cccc(F)c2)C(=O)O1. The minimum absolute atomic E-state index is 0.0561. The number of benzene rings is 1. The number of amides is 2. The van der Waals surface area contributed by atoms with Gasteiger partial charge in [-0.3, -0.25) is 4.90 Å². The van der Waals surface area contributed by atoms with E-state index in [1.807, 2.05) is 20.8 Å². The maximum absolute atomic E-state index is 13.2. The number of alkyl carbamates (subject to hydrolysis) is 1. The zero-order valence-electron chi connectivity index (χ0n) is 12.8. The molecule has 1 aliphatic heterocycles. The van der Waals surface area contributed by atoms with E-state index >= 15 is 0 Å². The fraction of sp³-hybridized carbons (Fsp3) is 0.467. The molecular weight excluding hydrogens is 291 g/mol. The summed E-state index contributed by atoms with van der Waals surface area (Å²) in [5, 5.41) is 2.64. The molecule has 6 nitrogen and oxygen atoms in total. The normalized spacial score (nSPS) is 18.1. The Morgan fingerprint density at radius 2 is 2.23 bits per heavy atom. The molecule has 0 bridgehead atoms. The van der Waals surface area contributed by atoms with Gasteiger partial charge < -0.3 is 14.8 Å². The van der Waals surface area contributed by atoms with Gasteiger partial charge in [0.15, 0.2) is 6.10 Å². The summed E-state index contributed by atoms with van der Waals surface area (Å²) in [4.78, 5) is 24.7. The highest BCUT2D eigenvalue weighted by Gasteiger charge is 2.33. The lowest BCUT2D eigenvalue weighted by molar-refractivity contribution is 0.0705. The Morgan fingerprint density at radius 3 is 2.86 bits per heavy atom. The molecule has 120 valence electrons. The molecule has 0 spiro atoms. The fourth-order valence-electron chi connectivity index (χ4n) is 1.97. The number of nitrogens with one attached hydrogen (secondary N) is 1. The number of anilines is 1. The molecule has 1 aliphatic rings. The Balaban J connectivity index is 1.89. The van der Waals surface area contributed by atoms with Crippen LogP contribution in [0.2, 0.25) is 0 Å². The highest BCUT2D eigenvalue weighted by molar-refractivity contribution is 5.89. The highest BCUT2D eigenvalue weighted by atomic mass is 19.1. The molecule has 2 rings (SSSR count). The second kappa shape index (κ2) is 6.21. The lowest BCUT2D eigenvalue weighted by Crippen LogP contribution is -2.42. The molecule has 7 heteroatoms. The minimum atomic E-state index is -0.588. The van der Waals surface area contributed by atoms with Gasteiger partial charge in [0.2, 0.25) is 0 Å². The van der Waals surface area contributed by atoms with Gasteiger partial charge in [0.05, 0.1) is 12.2 Å². The number of halogens is 1. The molecule has 0 radical (unpaired) electrons. The molecule has 2 amide bonds. The van der Waals surface area contributed by atoms with Crippen molar-refractivity contribution in [2.75, 3.05) is 18.1 Å². The van der Waals surface area contributed by atoms with E-state index in [2.05, 4.69) is 5.32 Å². The molecule has 0 saturated carbocycles. The van der Waals surface area contributed by atoms with Crippen LogP contribution in [0.5, 0.6) is 0 Å². The van der Waals surface area contributed by atoms with E-state index in [0.29, 0.717) is 5.69 Å². The number of rotatable bonds is 3. The zero-order chi connectivity index (χ0) is 16.3. The first-order chi connectivity index (χ1) is 10.2. The number of nitrogens with zero attached hydrogens (tertiary/aromatic N) is 1. The Hall–Kier alpha value is -2.31. The summed E-state index contributed by atoms with van der Waals surface area (Å²) < 4.78 is 23.3. The largest absolute Gasteiger partial charge is 0.446 e. The van der Waals surface area contributed by atoms with Crippen LogP contribution in [-0.4, -0.2) is 37.0 Å². The number of ether oxygens (including phenoxy) is 2. The molecule has 1 fully saturated rings. The van der Waals surface area contributed by atoms with E-state index < -0.39 is 29.6 Å². The summed E-state index contributed by atoms with van der Waals surface area (Å²) in [5.41, 5.74) is 0.00321. The summed E-state index contributed by atoms with van der Waals surface area (Å²) in [5.74, 6) is -0.436. The lowest BCUT2D eigenvalue weighted by Gasteiger charge is -2.20. The molecule has 1 aromatic carbocycles. The monoisotopic (exact) mass is 310 g/mol. The van der Waals surface area contributed by atoms with Crippen LogP contribution in [0, 0.1) is 5.82 Å². The average Bonchev–Trinajstić information content (AvgIpc) is 2.76. The standard InChI is InChI=1S/C15H19FN2O4/c1-15(2,3)17-13(19)21-9-12-8-18(14(20)22-12)11-6-4-5-10(16)7-11/h4-7,12H,8-9H2,1-3H3,(H,17,19)/t12-/m1/s1. The third kappa shape index (κ3) is 4.34. The van der Waals surface area contributed by atoms with Gasteiger partial charge in [0, 0.05) is 5.54 Å². The van der Waals surface area contributed by atoms with E-state index in [4.69, 9.17) is 9.47 Å². The predicted molar refractivity (Wildman–Crippen MR) is 78.3 cm³/mol. The molecule has 1 N–H and O–H groups in total. The number of hydrogen-bond acceptors (Lipinski definition) is 4. The molecular formula is C15H19FN2O4. The molecule has 0 unspecified atom stereocenters. The van der Waals surface area contributed by atoms with Crippen molar-refractivity contribution in [3.8, 4) is 0 Å². The quantitative estimate of drug-likeness (QED) is 0.932. The summed E-state index contributed by atoms with van der Waals surface area (Å²) >= 11 is 0. The number of carbonyl (C=O) groups is 2. The van der Waals surface area contributed by atoms with Gasteiger partial charge in [0.1, 0.15) is 12.4 Å². The molecule has 0 aliphatic carbocycles. The third-order valence-corrected chi connectivity index (χ3v) is 2.87. The second-order valence-electron chi connectivity index (χ2n) is 6.07. The van der Waals surface area contributed by atoms with Crippen molar-refractivity contribution in [3.05, 3.63) is 30.1 Å². The van der Waals surface area contributed by atoms with Crippen LogP contribution in [0.1, 0.15) is 20.8 Å². The molecule has 1 heterocycles. The summed E-state index contributed by atoms with van der Waals surface area (Å²) in [6, 6.07) is 5.66. The van der Waals surface area contributed by atoms with E-state index in [1.165, 1.54) is 23.1 Å². The van der Waals surface area contributed by atoms with E-state index in [0.717, 1.165) is 0 Å². The predicted octanol–water partition coefficient (Wildman–Crippen LogP) is 2.68. The van der Waals surface area contributed by atoms with Crippen LogP contribution < -0.4 is 10.2 Å². The zero-order valence-corrected chi connectivity index (χ0v) is 12.8. The summed E-state index contributed by atoms with van der Waals surface area (Å²) in [6.07, 6.45) is -1.75. The van der Waals surface area contributed by atoms with Gasteiger partial charge in [0.25, 0.3) is 0 Å². The van der Waals surface area contributed by atoms with Gasteiger partial charge in [-0.1, -0.05) is 6.07 Å². The first-order valence-electron chi connectivity index (χ1n) is 6.93. The maximum Gasteiger partial charge on any atom is 0.414 e. The second-order valence-corrected chi connectivity index (χ2v) is 6.07. The van der Waals surface area contributed by atoms with Crippen molar-refractivity contribution in [2.24, 2.45) is 0 Å². The number of cyclic esters (lactones) is 1. The lowest BCUT2D eigenvalue weighted by atomic mass is 10.1. The molecule has 0 aromatic heterocycles. The third-order valence-electron chi connectivity index (χ3n) is 2.87. The molecule has 1 atom stereocenters. The topological polar surface area (TPSA) is 67.9 Å². The summed E-state index contributed by atoms with van der Waals surface area (Å²) in [7, 11) is 0. The van der Waals surface area contributed by atoms with E-state index in [1.54, 1.807) is 6.07 Å². The number of hydrogen-bond donors (Lipinski definition) is 1. The van der Waals surface area contributed by atoms with Gasteiger partial charge in [-0.2, -0.15) is 0 Å². The first kappa shape index (κ1) is 16.1. The highest BCUT2D eigenvalue weighted by Crippen LogP contribution is 2.22. The van der Waals surface area contributed by atoms with Crippen LogP contribution in [0.15, 0.2) is 24.3 Å². The van der Waals surface area contributed by atoms with Gasteiger partial charge in [-0.05, 0) is 39.0 Å². The van der Waals surface area contributed by atoms with E-state index in [-0.39, 0.29) is 13.2 Å². The maximum atomic E-state index is 13.2. The van der Waals surface area contributed by atoms with Crippen molar-refractivity contribution in [2.45, 2.75) is 32.4 Å². The van der Waals surface area contributed by atoms with Crippen molar-refractivity contribution in [1.29, 1.82) is 0 Å². The van der Waals surface area contributed by atoms with Crippen molar-refractivity contribution in [1.82, 2.24) is 5.32 Å². The van der Waals surface area contributed by atoms with E-state index in [9.17, 15) is 14.0 Å². The summed E-state index contributed by atoms with van der Waals surface area (Å²) in [6.45, 7) is 5.63. The molecule has 22 heavy (non-hydrogen) atoms. The van der Waals surface area contributed by atoms with Gasteiger partial charge in [-0.15, -0.1) is 0 Å². The molecule has 1 aromatic rings. The van der Waals surface area contributed by atoms with Crippen molar-refractivity contribution < 1.29 is 23.5 Å². The Bertz CT molecular complexity index is 571. The van der Waals surface area contributed by atoms with Crippen LogP contribution in [-0.2, 0) is 9.47 Å². The smallest absolute Gasteiger partial charge is 0.414 e. The van der Waals surface area contributed by atoms with Crippen LogP contribution in [0.25, 0.3) is 0 Å². The number of carbonyl (C=O) groups excluding carboxylic acids is 2. The Kier molecular flexibility index (Phi) is 4.54. The first-order valence-corrected chi connectivity index (χ1v) is 6.93. The Morgan fingerprint density at radius 1 is 1.50 bits per heavy atom. The van der Waals surface area contributed by atoms with Crippen LogP contribution >= 0.6 is 0 Å². The molecule has 1 saturated heterocycles. The van der Waals surface area contributed by atoms with Crippen LogP contribution in [0.3, 0.4) is 0 Å². The minimum Gasteiger partial charge on any atom is -0.446 e. The fourth-order valence-corrected chi connectivity index (χ4v) is 1.97. The Labute approximate surface area is 128 Å². The van der Waals surface area contributed by atoms with Gasteiger partial charge in [-0.25, -0.2) is 14.0 Å². The average molecular weight is 310 g/mol.